The Labute approximate surface area is 166 Å². The minimum Gasteiger partial charge on any atom is -0.426 e. The van der Waals surface area contributed by atoms with Gasteiger partial charge in [0.15, 0.2) is 0 Å². The Morgan fingerprint density at radius 3 is 2.07 bits per heavy atom. The number of nitrogens with zero attached hydrogens (tertiary/aromatic N) is 1. The third kappa shape index (κ3) is 11.0. The molecule has 4 heteroatoms. The molecule has 1 aliphatic heterocycles. The number of esters is 1. The van der Waals surface area contributed by atoms with E-state index in [4.69, 9.17) is 4.74 Å². The van der Waals surface area contributed by atoms with Gasteiger partial charge in [-0.3, -0.25) is 4.79 Å². The molecule has 1 rings (SSSR count). The van der Waals surface area contributed by atoms with E-state index in [0.717, 1.165) is 19.3 Å². The van der Waals surface area contributed by atoms with Crippen molar-refractivity contribution in [3.63, 3.8) is 0 Å². The van der Waals surface area contributed by atoms with Gasteiger partial charge >= 0.3 is 5.97 Å². The molecule has 0 spiro atoms. The van der Waals surface area contributed by atoms with Crippen molar-refractivity contribution >= 4 is 11.9 Å². The molecule has 1 aliphatic rings. The molecule has 0 atom stereocenters. The minimum atomic E-state index is -0.407. The Bertz CT molecular complexity index is 496. The van der Waals surface area contributed by atoms with Crippen LogP contribution < -0.4 is 0 Å². The molecule has 1 saturated heterocycles. The fraction of sp³-hybridized carbons (Fsp3) is 0.739. The number of carbonyl (C=O) groups excluding carboxylic acids is 2. The smallest absolute Gasteiger partial charge is 0.338 e. The zero-order valence-electron chi connectivity index (χ0n) is 17.6. The Balaban J connectivity index is 2.23. The van der Waals surface area contributed by atoms with E-state index < -0.39 is 5.97 Å². The van der Waals surface area contributed by atoms with Crippen molar-refractivity contribution in [1.29, 1.82) is 0 Å². The second-order valence-electron chi connectivity index (χ2n) is 7.74. The molecule has 0 bridgehead atoms. The van der Waals surface area contributed by atoms with E-state index in [1.54, 1.807) is 18.0 Å². The molecular formula is C23H39NO3. The van der Waals surface area contributed by atoms with E-state index in [1.807, 2.05) is 0 Å². The summed E-state index contributed by atoms with van der Waals surface area (Å²) < 4.78 is 5.44. The highest BCUT2D eigenvalue weighted by Gasteiger charge is 2.20. The fourth-order valence-electron chi connectivity index (χ4n) is 3.29. The van der Waals surface area contributed by atoms with Gasteiger partial charge < -0.3 is 9.64 Å². The topological polar surface area (TPSA) is 46.6 Å². The summed E-state index contributed by atoms with van der Waals surface area (Å²) in [7, 11) is 0. The van der Waals surface area contributed by atoms with Crippen LogP contribution in [0.3, 0.4) is 0 Å². The summed E-state index contributed by atoms with van der Waals surface area (Å²) in [5, 5.41) is 0. The van der Waals surface area contributed by atoms with Gasteiger partial charge in [-0.25, -0.2) is 4.79 Å². The third-order valence-corrected chi connectivity index (χ3v) is 5.01. The highest BCUT2D eigenvalue weighted by molar-refractivity contribution is 5.87. The predicted molar refractivity (Wildman–Crippen MR) is 111 cm³/mol. The first-order valence-electron chi connectivity index (χ1n) is 10.9. The number of likely N-dealkylation sites (tertiary alicyclic amines) is 1. The van der Waals surface area contributed by atoms with Crippen LogP contribution in [-0.4, -0.2) is 23.3 Å². The summed E-state index contributed by atoms with van der Waals surface area (Å²) in [6.07, 6.45) is 18.0. The molecule has 1 amide bonds. The molecule has 0 saturated carbocycles. The van der Waals surface area contributed by atoms with Crippen molar-refractivity contribution in [2.24, 2.45) is 0 Å². The molecule has 154 valence electrons. The van der Waals surface area contributed by atoms with Crippen molar-refractivity contribution in [2.75, 3.05) is 6.54 Å². The van der Waals surface area contributed by atoms with E-state index in [0.29, 0.717) is 30.7 Å². The molecule has 0 aliphatic carbocycles. The zero-order valence-corrected chi connectivity index (χ0v) is 17.6. The van der Waals surface area contributed by atoms with Gasteiger partial charge in [-0.05, 0) is 19.8 Å². The van der Waals surface area contributed by atoms with Gasteiger partial charge in [0.2, 0.25) is 5.91 Å². The Morgan fingerprint density at radius 1 is 1.04 bits per heavy atom. The lowest BCUT2D eigenvalue weighted by Crippen LogP contribution is -2.19. The van der Waals surface area contributed by atoms with Crippen LogP contribution in [0.4, 0.5) is 0 Å². The van der Waals surface area contributed by atoms with E-state index in [-0.39, 0.29) is 5.91 Å². The van der Waals surface area contributed by atoms with E-state index >= 15 is 0 Å². The molecule has 0 aromatic heterocycles. The van der Waals surface area contributed by atoms with Crippen LogP contribution in [0.5, 0.6) is 0 Å². The lowest BCUT2D eigenvalue weighted by atomic mass is 10.1. The molecule has 1 heterocycles. The predicted octanol–water partition coefficient (Wildman–Crippen LogP) is 6.27. The summed E-state index contributed by atoms with van der Waals surface area (Å²) in [6.45, 7) is 8.24. The van der Waals surface area contributed by atoms with Gasteiger partial charge in [-0.15, -0.1) is 0 Å². The first-order valence-corrected chi connectivity index (χ1v) is 10.9. The van der Waals surface area contributed by atoms with Crippen LogP contribution >= 0.6 is 0 Å². The number of hydrogen-bond donors (Lipinski definition) is 0. The highest BCUT2D eigenvalue weighted by atomic mass is 16.5. The number of unbranched alkanes of at least 4 members (excludes halogenated alkanes) is 10. The molecule has 0 radical (unpaired) electrons. The number of hydrogen-bond acceptors (Lipinski definition) is 3. The molecule has 1 fully saturated rings. The van der Waals surface area contributed by atoms with Gasteiger partial charge in [0.05, 0.1) is 0 Å². The largest absolute Gasteiger partial charge is 0.426 e. The number of carbonyl (C=O) groups is 2. The Morgan fingerprint density at radius 2 is 1.59 bits per heavy atom. The van der Waals surface area contributed by atoms with Crippen LogP contribution in [0, 0.1) is 0 Å². The van der Waals surface area contributed by atoms with Crippen molar-refractivity contribution in [3.8, 4) is 0 Å². The molecule has 0 N–H and O–H groups in total. The van der Waals surface area contributed by atoms with Gasteiger partial charge in [0, 0.05) is 31.2 Å². The SMILES string of the molecule is C=C(C)C(=O)OC(=CN1CCCC1=O)CCCCCCCCCCCCC. The first-order chi connectivity index (χ1) is 13.0. The quantitative estimate of drug-likeness (QED) is 0.146. The zero-order chi connectivity index (χ0) is 19.9. The normalized spacial score (nSPS) is 14.7. The molecule has 0 aromatic carbocycles. The molecular weight excluding hydrogens is 338 g/mol. The van der Waals surface area contributed by atoms with Gasteiger partial charge in [0.1, 0.15) is 5.76 Å². The lowest BCUT2D eigenvalue weighted by Gasteiger charge is -2.14. The van der Waals surface area contributed by atoms with Gasteiger partial charge in [0.25, 0.3) is 0 Å². The van der Waals surface area contributed by atoms with Crippen molar-refractivity contribution in [2.45, 2.75) is 104 Å². The first kappa shape index (κ1) is 23.5. The van der Waals surface area contributed by atoms with Crippen LogP contribution in [0.15, 0.2) is 24.1 Å². The Kier molecular flexibility index (Phi) is 12.6. The van der Waals surface area contributed by atoms with E-state index in [1.165, 1.54) is 57.8 Å². The van der Waals surface area contributed by atoms with Crippen molar-refractivity contribution in [1.82, 2.24) is 4.90 Å². The van der Waals surface area contributed by atoms with Crippen LogP contribution in [0.2, 0.25) is 0 Å². The molecule has 0 aromatic rings. The molecule has 0 unspecified atom stereocenters. The second kappa shape index (κ2) is 14.5. The van der Waals surface area contributed by atoms with Crippen molar-refractivity contribution in [3.05, 3.63) is 24.1 Å². The highest BCUT2D eigenvalue weighted by Crippen LogP contribution is 2.18. The summed E-state index contributed by atoms with van der Waals surface area (Å²) in [4.78, 5) is 25.3. The maximum absolute atomic E-state index is 11.8. The summed E-state index contributed by atoms with van der Waals surface area (Å²) in [5.74, 6) is 0.294. The molecule has 27 heavy (non-hydrogen) atoms. The maximum Gasteiger partial charge on any atom is 0.338 e. The van der Waals surface area contributed by atoms with Gasteiger partial charge in [-0.1, -0.05) is 77.7 Å². The fourth-order valence-corrected chi connectivity index (χ4v) is 3.29. The standard InChI is InChI=1S/C23H39NO3/c1-4-5-6-7-8-9-10-11-12-13-14-16-21(27-23(26)20(2)3)19-24-18-15-17-22(24)25/h19H,2,4-18H2,1,3H3. The number of rotatable bonds is 15. The van der Waals surface area contributed by atoms with Crippen LogP contribution in [0.25, 0.3) is 0 Å². The second-order valence-corrected chi connectivity index (χ2v) is 7.74. The lowest BCUT2D eigenvalue weighted by molar-refractivity contribution is -0.135. The molecule has 4 nitrogen and oxygen atoms in total. The van der Waals surface area contributed by atoms with E-state index in [9.17, 15) is 9.59 Å². The third-order valence-electron chi connectivity index (χ3n) is 5.01. The monoisotopic (exact) mass is 377 g/mol. The van der Waals surface area contributed by atoms with Crippen LogP contribution in [-0.2, 0) is 14.3 Å². The Hall–Kier alpha value is -1.58. The average Bonchev–Trinajstić information content (AvgIpc) is 3.04. The maximum atomic E-state index is 11.8. The van der Waals surface area contributed by atoms with Crippen LogP contribution in [0.1, 0.15) is 104 Å². The van der Waals surface area contributed by atoms with Crippen molar-refractivity contribution < 1.29 is 14.3 Å². The average molecular weight is 378 g/mol. The summed E-state index contributed by atoms with van der Waals surface area (Å²) >= 11 is 0. The van der Waals surface area contributed by atoms with Gasteiger partial charge in [-0.2, -0.15) is 0 Å². The summed E-state index contributed by atoms with van der Waals surface area (Å²) in [6, 6.07) is 0. The minimum absolute atomic E-state index is 0.109. The van der Waals surface area contributed by atoms with E-state index in [2.05, 4.69) is 13.5 Å². The number of amides is 1. The number of allylic oxidation sites excluding steroid dienone is 1. The number of ether oxygens (including phenoxy) is 1. The summed E-state index contributed by atoms with van der Waals surface area (Å²) in [5.41, 5.74) is 0.382.